The highest BCUT2D eigenvalue weighted by atomic mass is 16.6. The zero-order valence-corrected chi connectivity index (χ0v) is 19.7. The van der Waals surface area contributed by atoms with E-state index in [4.69, 9.17) is 24.5 Å². The van der Waals surface area contributed by atoms with Crippen molar-refractivity contribution < 1.29 is 28.3 Å². The van der Waals surface area contributed by atoms with Gasteiger partial charge in [0.1, 0.15) is 17.6 Å². The normalized spacial score (nSPS) is 18.8. The summed E-state index contributed by atoms with van der Waals surface area (Å²) in [5, 5.41) is 5.78. The molecule has 3 aromatic rings. The molecule has 1 spiro atoms. The van der Waals surface area contributed by atoms with Gasteiger partial charge in [0, 0.05) is 24.6 Å². The molecule has 1 saturated heterocycles. The van der Waals surface area contributed by atoms with Gasteiger partial charge >= 0.3 is 6.09 Å². The molecule has 0 radical (unpaired) electrons. The average molecular weight is 480 g/mol. The Balaban J connectivity index is 1.15. The van der Waals surface area contributed by atoms with E-state index in [1.54, 1.807) is 4.90 Å². The second-order valence-corrected chi connectivity index (χ2v) is 9.20. The van der Waals surface area contributed by atoms with Crippen molar-refractivity contribution >= 4 is 22.8 Å². The van der Waals surface area contributed by atoms with Gasteiger partial charge in [0.2, 0.25) is 0 Å². The number of hydrogen-bond donors (Lipinski definition) is 1. The molecule has 184 valence electrons. The summed E-state index contributed by atoms with van der Waals surface area (Å²) >= 11 is 0. The van der Waals surface area contributed by atoms with Gasteiger partial charge in [-0.05, 0) is 67.6 Å². The second-order valence-electron chi connectivity index (χ2n) is 9.20. The minimum Gasteiger partial charge on any atom is -0.494 e. The molecule has 2 amide bonds. The Morgan fingerprint density at radius 2 is 1.83 bits per heavy atom. The van der Waals surface area contributed by atoms with Crippen LogP contribution in [-0.4, -0.2) is 47.9 Å². The number of hydrogen-bond acceptors (Lipinski definition) is 7. The van der Waals surface area contributed by atoms with Crippen LogP contribution < -0.4 is 15.2 Å². The second kappa shape index (κ2) is 9.48. The number of primary amides is 1. The molecule has 1 aliphatic carbocycles. The van der Waals surface area contributed by atoms with Crippen molar-refractivity contribution in [2.75, 3.05) is 19.7 Å². The molecule has 1 aliphatic heterocycles. The average Bonchev–Trinajstić information content (AvgIpc) is 3.35. The number of ether oxygens (including phenoxy) is 3. The number of aromatic nitrogens is 1. The van der Waals surface area contributed by atoms with Gasteiger partial charge in [-0.15, -0.1) is 0 Å². The molecule has 2 heterocycles. The Kier molecular flexibility index (Phi) is 6.23. The van der Waals surface area contributed by atoms with E-state index in [-0.39, 0.29) is 29.6 Å². The number of nitrogens with two attached hydrogens (primary N) is 1. The van der Waals surface area contributed by atoms with E-state index in [1.165, 1.54) is 6.07 Å². The number of carbonyl (C=O) groups excluding carboxylic acids is 2. The highest BCUT2D eigenvalue weighted by molar-refractivity contribution is 5.90. The minimum absolute atomic E-state index is 0.00753. The molecule has 0 bridgehead atoms. The van der Waals surface area contributed by atoms with Crippen molar-refractivity contribution in [2.45, 2.75) is 45.3 Å². The van der Waals surface area contributed by atoms with Gasteiger partial charge < -0.3 is 29.4 Å². The Labute approximate surface area is 203 Å². The van der Waals surface area contributed by atoms with Crippen LogP contribution in [0.1, 0.15) is 48.9 Å². The fraction of sp³-hybridized carbons (Fsp3) is 0.423. The van der Waals surface area contributed by atoms with E-state index in [9.17, 15) is 9.59 Å². The van der Waals surface area contributed by atoms with E-state index >= 15 is 0 Å². The minimum atomic E-state index is -0.691. The molecule has 9 nitrogen and oxygen atoms in total. The number of nitrogens with zero attached hydrogens (tertiary/aromatic N) is 2. The zero-order chi connectivity index (χ0) is 24.4. The molecule has 35 heavy (non-hydrogen) atoms. The first kappa shape index (κ1) is 23.0. The highest BCUT2D eigenvalue weighted by Crippen LogP contribution is 2.51. The molecule has 2 fully saturated rings. The number of benzene rings is 2. The highest BCUT2D eigenvalue weighted by Gasteiger charge is 2.50. The maximum atomic E-state index is 12.5. The van der Waals surface area contributed by atoms with Gasteiger partial charge in [0.15, 0.2) is 18.1 Å². The lowest BCUT2D eigenvalue weighted by Crippen LogP contribution is -2.55. The molecular weight excluding hydrogens is 450 g/mol. The van der Waals surface area contributed by atoms with Crippen LogP contribution in [0.2, 0.25) is 0 Å². The van der Waals surface area contributed by atoms with Crippen LogP contribution >= 0.6 is 0 Å². The van der Waals surface area contributed by atoms with Crippen molar-refractivity contribution in [3.8, 4) is 11.5 Å². The van der Waals surface area contributed by atoms with Gasteiger partial charge in [0.05, 0.1) is 6.61 Å². The van der Waals surface area contributed by atoms with Crippen LogP contribution in [0.3, 0.4) is 0 Å². The summed E-state index contributed by atoms with van der Waals surface area (Å²) in [6.45, 7) is 3.73. The van der Waals surface area contributed by atoms with Crippen molar-refractivity contribution in [3.63, 3.8) is 0 Å². The van der Waals surface area contributed by atoms with Crippen molar-refractivity contribution in [3.05, 3.63) is 53.9 Å². The van der Waals surface area contributed by atoms with E-state index in [1.807, 2.05) is 25.1 Å². The topological polar surface area (TPSA) is 117 Å². The monoisotopic (exact) mass is 479 g/mol. The first-order valence-corrected chi connectivity index (χ1v) is 12.0. The first-order chi connectivity index (χ1) is 17.0. The lowest BCUT2D eigenvalue weighted by molar-refractivity contribution is -0.0824. The van der Waals surface area contributed by atoms with Gasteiger partial charge in [0.25, 0.3) is 5.91 Å². The number of amides is 2. The Hall–Kier alpha value is -3.75. The maximum Gasteiger partial charge on any atom is 0.410 e. The van der Waals surface area contributed by atoms with Crippen LogP contribution in [0.25, 0.3) is 10.8 Å². The predicted octanol–water partition coefficient (Wildman–Crippen LogP) is 4.29. The summed E-state index contributed by atoms with van der Waals surface area (Å²) in [6, 6.07) is 13.6. The van der Waals surface area contributed by atoms with Gasteiger partial charge in [-0.2, -0.15) is 0 Å². The summed E-state index contributed by atoms with van der Waals surface area (Å²) in [6.07, 6.45) is 3.56. The SMILES string of the molecule is CCOc1ccc2ccc(OC3CCC34CCN(C(=O)OCc3cc(C(N)=O)no3)CC4)cc2c1. The van der Waals surface area contributed by atoms with E-state index in [2.05, 4.69) is 23.4 Å². The summed E-state index contributed by atoms with van der Waals surface area (Å²) < 4.78 is 22.4. The molecule has 1 unspecified atom stereocenters. The van der Waals surface area contributed by atoms with Gasteiger partial charge in [-0.3, -0.25) is 4.79 Å². The molecule has 1 saturated carbocycles. The zero-order valence-electron chi connectivity index (χ0n) is 19.7. The standard InChI is InChI=1S/C26H29N3O6/c1-2-32-19-5-3-17-4-6-20(14-18(17)13-19)34-23-7-8-26(23)9-11-29(12-10-26)25(31)33-16-21-15-22(24(27)30)28-35-21/h3-6,13-15,23H,2,7-12,16H2,1H3,(H2,27,30). The summed E-state index contributed by atoms with van der Waals surface area (Å²) in [4.78, 5) is 25.3. The number of fused-ring (bicyclic) bond motifs is 1. The Morgan fingerprint density at radius 1 is 1.09 bits per heavy atom. The summed E-state index contributed by atoms with van der Waals surface area (Å²) in [7, 11) is 0. The molecule has 9 heteroatoms. The van der Waals surface area contributed by atoms with Crippen LogP contribution in [0.4, 0.5) is 4.79 Å². The van der Waals surface area contributed by atoms with Crippen LogP contribution in [-0.2, 0) is 11.3 Å². The fourth-order valence-electron chi connectivity index (χ4n) is 4.98. The first-order valence-electron chi connectivity index (χ1n) is 12.0. The smallest absolute Gasteiger partial charge is 0.410 e. The summed E-state index contributed by atoms with van der Waals surface area (Å²) in [5.74, 6) is 1.30. The van der Waals surface area contributed by atoms with Crippen molar-refractivity contribution in [2.24, 2.45) is 11.1 Å². The van der Waals surface area contributed by atoms with Crippen LogP contribution in [0.5, 0.6) is 11.5 Å². The fourth-order valence-corrected chi connectivity index (χ4v) is 4.98. The molecule has 2 aliphatic rings. The third kappa shape index (κ3) is 4.76. The third-order valence-corrected chi connectivity index (χ3v) is 7.13. The van der Waals surface area contributed by atoms with E-state index in [0.29, 0.717) is 19.7 Å². The van der Waals surface area contributed by atoms with Crippen LogP contribution in [0.15, 0.2) is 47.0 Å². The Morgan fingerprint density at radius 3 is 2.49 bits per heavy atom. The van der Waals surface area contributed by atoms with Crippen LogP contribution in [0, 0.1) is 5.41 Å². The molecular formula is C26H29N3O6. The Bertz CT molecular complexity index is 1230. The number of likely N-dealkylation sites (tertiary alicyclic amines) is 1. The van der Waals surface area contributed by atoms with Crippen molar-refractivity contribution in [1.82, 2.24) is 10.1 Å². The lowest BCUT2D eigenvalue weighted by atomic mass is 9.60. The molecule has 5 rings (SSSR count). The van der Waals surface area contributed by atoms with Gasteiger partial charge in [-0.1, -0.05) is 17.3 Å². The maximum absolute atomic E-state index is 12.5. The molecule has 1 aromatic heterocycles. The molecule has 2 N–H and O–H groups in total. The predicted molar refractivity (Wildman–Crippen MR) is 127 cm³/mol. The lowest BCUT2D eigenvalue weighted by Gasteiger charge is -2.53. The molecule has 2 aromatic carbocycles. The number of carbonyl (C=O) groups is 2. The third-order valence-electron chi connectivity index (χ3n) is 7.13. The summed E-state index contributed by atoms with van der Waals surface area (Å²) in [5.41, 5.74) is 5.24. The molecule has 1 atom stereocenters. The number of rotatable bonds is 7. The largest absolute Gasteiger partial charge is 0.494 e. The van der Waals surface area contributed by atoms with E-state index < -0.39 is 12.0 Å². The quantitative estimate of drug-likeness (QED) is 0.537. The number of piperidine rings is 1. The van der Waals surface area contributed by atoms with Gasteiger partial charge in [-0.25, -0.2) is 4.79 Å². The van der Waals surface area contributed by atoms with Crippen molar-refractivity contribution in [1.29, 1.82) is 0 Å². The van der Waals surface area contributed by atoms with E-state index in [0.717, 1.165) is 48.0 Å².